The summed E-state index contributed by atoms with van der Waals surface area (Å²) in [4.78, 5) is 0. The number of nitrogens with two attached hydrogens (primary N) is 1. The van der Waals surface area contributed by atoms with Crippen molar-refractivity contribution in [3.05, 3.63) is 34.9 Å². The summed E-state index contributed by atoms with van der Waals surface area (Å²) in [6.07, 6.45) is 0.801. The molecule has 1 atom stereocenters. The number of alkyl halides is 1. The molecule has 0 spiro atoms. The van der Waals surface area contributed by atoms with E-state index in [0.717, 1.165) is 17.5 Å². The quantitative estimate of drug-likeness (QED) is 0.813. The molecule has 1 unspecified atom stereocenters. The van der Waals surface area contributed by atoms with E-state index in [1.807, 2.05) is 32.0 Å². The zero-order valence-corrected chi connectivity index (χ0v) is 9.97. The Morgan fingerprint density at radius 1 is 1.40 bits per heavy atom. The summed E-state index contributed by atoms with van der Waals surface area (Å²) in [6, 6.07) is 5.86. The molecule has 84 valence electrons. The Morgan fingerprint density at radius 3 is 2.47 bits per heavy atom. The number of halogens is 1. The molecule has 0 saturated heterocycles. The Kier molecular flexibility index (Phi) is 3.50. The van der Waals surface area contributed by atoms with E-state index in [1.54, 1.807) is 13.8 Å². The van der Waals surface area contributed by atoms with Crippen molar-refractivity contribution in [1.82, 2.24) is 0 Å². The smallest absolute Gasteiger partial charge is 0.130 e. The summed E-state index contributed by atoms with van der Waals surface area (Å²) in [6.45, 7) is 7.15. The van der Waals surface area contributed by atoms with E-state index < -0.39 is 5.67 Å². The Labute approximate surface area is 91.5 Å². The predicted octanol–water partition coefficient (Wildman–Crippen LogP) is 3.09. The third kappa shape index (κ3) is 3.31. The monoisotopic (exact) mass is 209 g/mol. The van der Waals surface area contributed by atoms with Gasteiger partial charge in [0.15, 0.2) is 0 Å². The van der Waals surface area contributed by atoms with Crippen LogP contribution in [0, 0.1) is 6.92 Å². The summed E-state index contributed by atoms with van der Waals surface area (Å²) in [5.41, 5.74) is 7.53. The molecule has 0 aliphatic carbocycles. The SMILES string of the molecule is Cc1ccc(C(C)(C)F)cc1CC(C)N. The second kappa shape index (κ2) is 4.31. The lowest BCUT2D eigenvalue weighted by Crippen LogP contribution is -2.19. The van der Waals surface area contributed by atoms with E-state index in [4.69, 9.17) is 5.73 Å². The zero-order chi connectivity index (χ0) is 11.6. The maximum atomic E-state index is 13.7. The van der Waals surface area contributed by atoms with Crippen molar-refractivity contribution in [2.75, 3.05) is 0 Å². The molecule has 0 saturated carbocycles. The Balaban J connectivity index is 3.06. The van der Waals surface area contributed by atoms with Crippen molar-refractivity contribution in [1.29, 1.82) is 0 Å². The van der Waals surface area contributed by atoms with E-state index in [1.165, 1.54) is 5.56 Å². The minimum absolute atomic E-state index is 0.113. The second-order valence-electron chi connectivity index (χ2n) is 4.80. The van der Waals surface area contributed by atoms with Crippen molar-refractivity contribution >= 4 is 0 Å². The Bertz CT molecular complexity index is 337. The molecule has 0 amide bonds. The summed E-state index contributed by atoms with van der Waals surface area (Å²) >= 11 is 0. The number of rotatable bonds is 3. The van der Waals surface area contributed by atoms with E-state index in [2.05, 4.69) is 0 Å². The van der Waals surface area contributed by atoms with Crippen LogP contribution in [0.2, 0.25) is 0 Å². The van der Waals surface area contributed by atoms with Gasteiger partial charge in [0.25, 0.3) is 0 Å². The topological polar surface area (TPSA) is 26.0 Å². The highest BCUT2D eigenvalue weighted by Gasteiger charge is 2.19. The predicted molar refractivity (Wildman–Crippen MR) is 62.7 cm³/mol. The fourth-order valence-corrected chi connectivity index (χ4v) is 1.61. The van der Waals surface area contributed by atoms with Gasteiger partial charge in [0.2, 0.25) is 0 Å². The first kappa shape index (κ1) is 12.2. The second-order valence-corrected chi connectivity index (χ2v) is 4.80. The molecule has 1 nitrogen and oxygen atoms in total. The molecule has 0 aliphatic rings. The average Bonchev–Trinajstić information content (AvgIpc) is 2.06. The first-order valence-electron chi connectivity index (χ1n) is 5.35. The molecular formula is C13H20FN. The van der Waals surface area contributed by atoms with Crippen molar-refractivity contribution in [2.24, 2.45) is 5.73 Å². The van der Waals surface area contributed by atoms with Crippen LogP contribution in [-0.2, 0) is 12.1 Å². The van der Waals surface area contributed by atoms with E-state index in [-0.39, 0.29) is 6.04 Å². The van der Waals surface area contributed by atoms with Crippen LogP contribution in [0.1, 0.15) is 37.5 Å². The number of aryl methyl sites for hydroxylation is 1. The summed E-state index contributed by atoms with van der Waals surface area (Å²) in [5, 5.41) is 0. The highest BCUT2D eigenvalue weighted by Crippen LogP contribution is 2.26. The molecule has 0 aromatic heterocycles. The Hall–Kier alpha value is -0.890. The molecular weight excluding hydrogens is 189 g/mol. The molecule has 1 aromatic carbocycles. The van der Waals surface area contributed by atoms with Gasteiger partial charge in [0.1, 0.15) is 5.67 Å². The lowest BCUT2D eigenvalue weighted by atomic mass is 9.93. The molecule has 0 radical (unpaired) electrons. The molecule has 1 aromatic rings. The van der Waals surface area contributed by atoms with Crippen molar-refractivity contribution in [3.63, 3.8) is 0 Å². The molecule has 2 heteroatoms. The third-order valence-electron chi connectivity index (χ3n) is 2.58. The van der Waals surface area contributed by atoms with Gasteiger partial charge in [0, 0.05) is 6.04 Å². The van der Waals surface area contributed by atoms with Crippen molar-refractivity contribution in [2.45, 2.75) is 45.8 Å². The number of hydrogen-bond donors (Lipinski definition) is 1. The molecule has 1 rings (SSSR count). The maximum Gasteiger partial charge on any atom is 0.130 e. The van der Waals surface area contributed by atoms with Gasteiger partial charge in [-0.3, -0.25) is 0 Å². The highest BCUT2D eigenvalue weighted by molar-refractivity contribution is 5.34. The summed E-state index contributed by atoms with van der Waals surface area (Å²) < 4.78 is 13.7. The minimum Gasteiger partial charge on any atom is -0.328 e. The van der Waals surface area contributed by atoms with E-state index in [0.29, 0.717) is 0 Å². The molecule has 0 fully saturated rings. The van der Waals surface area contributed by atoms with E-state index >= 15 is 0 Å². The van der Waals surface area contributed by atoms with Gasteiger partial charge in [-0.15, -0.1) is 0 Å². The lowest BCUT2D eigenvalue weighted by molar-refractivity contribution is 0.221. The average molecular weight is 209 g/mol. The minimum atomic E-state index is -1.28. The highest BCUT2D eigenvalue weighted by atomic mass is 19.1. The number of benzene rings is 1. The van der Waals surface area contributed by atoms with Crippen LogP contribution in [0.5, 0.6) is 0 Å². The van der Waals surface area contributed by atoms with Crippen LogP contribution in [0.3, 0.4) is 0 Å². The first-order chi connectivity index (χ1) is 6.80. The molecule has 0 bridgehead atoms. The summed E-state index contributed by atoms with van der Waals surface area (Å²) in [5.74, 6) is 0. The molecule has 0 aliphatic heterocycles. The summed E-state index contributed by atoms with van der Waals surface area (Å²) in [7, 11) is 0. The van der Waals surface area contributed by atoms with Crippen LogP contribution in [0.15, 0.2) is 18.2 Å². The van der Waals surface area contributed by atoms with Gasteiger partial charge in [-0.2, -0.15) is 0 Å². The van der Waals surface area contributed by atoms with Crippen LogP contribution in [0.25, 0.3) is 0 Å². The van der Waals surface area contributed by atoms with Gasteiger partial charge in [-0.25, -0.2) is 4.39 Å². The van der Waals surface area contributed by atoms with Gasteiger partial charge >= 0.3 is 0 Å². The van der Waals surface area contributed by atoms with Gasteiger partial charge in [-0.1, -0.05) is 18.2 Å². The largest absolute Gasteiger partial charge is 0.328 e. The third-order valence-corrected chi connectivity index (χ3v) is 2.58. The standard InChI is InChI=1S/C13H20FN/c1-9-5-6-12(13(3,4)14)8-11(9)7-10(2)15/h5-6,8,10H,7,15H2,1-4H3. The zero-order valence-electron chi connectivity index (χ0n) is 9.97. The van der Waals surface area contributed by atoms with E-state index in [9.17, 15) is 4.39 Å². The Morgan fingerprint density at radius 2 is 2.00 bits per heavy atom. The van der Waals surface area contributed by atoms with Crippen molar-refractivity contribution < 1.29 is 4.39 Å². The van der Waals surface area contributed by atoms with Crippen LogP contribution >= 0.6 is 0 Å². The fourth-order valence-electron chi connectivity index (χ4n) is 1.61. The van der Waals surface area contributed by atoms with Gasteiger partial charge in [-0.05, 0) is 50.8 Å². The van der Waals surface area contributed by atoms with Gasteiger partial charge in [0.05, 0.1) is 0 Å². The van der Waals surface area contributed by atoms with Gasteiger partial charge < -0.3 is 5.73 Å². The fraction of sp³-hybridized carbons (Fsp3) is 0.538. The number of hydrogen-bond acceptors (Lipinski definition) is 1. The van der Waals surface area contributed by atoms with Crippen LogP contribution < -0.4 is 5.73 Å². The molecule has 0 heterocycles. The van der Waals surface area contributed by atoms with Crippen molar-refractivity contribution in [3.8, 4) is 0 Å². The molecule has 2 N–H and O–H groups in total. The lowest BCUT2D eigenvalue weighted by Gasteiger charge is -2.17. The normalized spacial score (nSPS) is 14.0. The van der Waals surface area contributed by atoms with Crippen LogP contribution in [-0.4, -0.2) is 6.04 Å². The maximum absolute atomic E-state index is 13.7. The molecule has 15 heavy (non-hydrogen) atoms. The van der Waals surface area contributed by atoms with Crippen LogP contribution in [0.4, 0.5) is 4.39 Å². The first-order valence-corrected chi connectivity index (χ1v) is 5.35.